The molecule has 1 aromatic carbocycles. The van der Waals surface area contributed by atoms with Crippen LogP contribution in [0.5, 0.6) is 0 Å². The van der Waals surface area contributed by atoms with Gasteiger partial charge in [-0.25, -0.2) is 4.68 Å². The molecule has 0 bridgehead atoms. The predicted molar refractivity (Wildman–Crippen MR) is 86.5 cm³/mol. The van der Waals surface area contributed by atoms with Gasteiger partial charge in [0.25, 0.3) is 0 Å². The number of aromatic nitrogens is 2. The van der Waals surface area contributed by atoms with Crippen molar-refractivity contribution in [2.45, 2.75) is 6.04 Å². The Hall–Kier alpha value is -1.43. The lowest BCUT2D eigenvalue weighted by Gasteiger charge is -2.16. The van der Waals surface area contributed by atoms with Crippen LogP contribution in [0, 0.1) is 0 Å². The molecule has 0 aliphatic rings. The molecule has 0 fully saturated rings. The smallest absolute Gasteiger partial charge is 0.0844 e. The molecule has 20 heavy (non-hydrogen) atoms. The second kappa shape index (κ2) is 5.91. The van der Waals surface area contributed by atoms with Crippen molar-refractivity contribution in [3.8, 4) is 5.69 Å². The van der Waals surface area contributed by atoms with E-state index in [1.165, 1.54) is 4.88 Å². The van der Waals surface area contributed by atoms with Crippen LogP contribution in [0.2, 0.25) is 0 Å². The van der Waals surface area contributed by atoms with E-state index >= 15 is 0 Å². The van der Waals surface area contributed by atoms with Crippen molar-refractivity contribution in [2.75, 3.05) is 7.05 Å². The van der Waals surface area contributed by atoms with Crippen LogP contribution in [0.3, 0.4) is 0 Å². The fraction of sp³-hybridized carbons (Fsp3) is 0.133. The highest BCUT2D eigenvalue weighted by Gasteiger charge is 2.19. The van der Waals surface area contributed by atoms with Crippen molar-refractivity contribution in [1.82, 2.24) is 15.1 Å². The summed E-state index contributed by atoms with van der Waals surface area (Å²) >= 11 is 5.26. The van der Waals surface area contributed by atoms with E-state index in [9.17, 15) is 0 Å². The molecule has 102 valence electrons. The normalized spacial score (nSPS) is 12.5. The largest absolute Gasteiger partial charge is 0.307 e. The fourth-order valence-electron chi connectivity index (χ4n) is 2.24. The third kappa shape index (κ3) is 2.57. The SMILES string of the molecule is CNC(c1ccc(Br)s1)c1ccnn1-c1ccccc1. The molecule has 2 aromatic heterocycles. The van der Waals surface area contributed by atoms with E-state index in [-0.39, 0.29) is 6.04 Å². The second-order valence-corrected chi connectivity index (χ2v) is 6.86. The number of halogens is 1. The summed E-state index contributed by atoms with van der Waals surface area (Å²) in [6.07, 6.45) is 1.84. The molecule has 0 aliphatic heterocycles. The van der Waals surface area contributed by atoms with Gasteiger partial charge in [-0.15, -0.1) is 11.3 Å². The van der Waals surface area contributed by atoms with Crippen LogP contribution in [0.25, 0.3) is 5.69 Å². The maximum Gasteiger partial charge on any atom is 0.0844 e. The van der Waals surface area contributed by atoms with E-state index < -0.39 is 0 Å². The third-order valence-electron chi connectivity index (χ3n) is 3.14. The number of para-hydroxylation sites is 1. The van der Waals surface area contributed by atoms with Gasteiger partial charge < -0.3 is 5.32 Å². The number of hydrogen-bond donors (Lipinski definition) is 1. The summed E-state index contributed by atoms with van der Waals surface area (Å²) in [5, 5.41) is 7.83. The maximum absolute atomic E-state index is 4.46. The molecule has 3 aromatic rings. The highest BCUT2D eigenvalue weighted by molar-refractivity contribution is 9.11. The standard InChI is InChI=1S/C15H14BrN3S/c1-17-15(13-7-8-14(16)20-13)12-9-10-18-19(12)11-5-3-2-4-6-11/h2-10,15,17H,1H3. The van der Waals surface area contributed by atoms with Crippen LogP contribution >= 0.6 is 27.3 Å². The highest BCUT2D eigenvalue weighted by atomic mass is 79.9. The van der Waals surface area contributed by atoms with E-state index in [2.05, 4.69) is 56.7 Å². The molecular formula is C15H14BrN3S. The van der Waals surface area contributed by atoms with Gasteiger partial charge in [0.1, 0.15) is 0 Å². The third-order valence-corrected chi connectivity index (χ3v) is 4.82. The van der Waals surface area contributed by atoms with Crippen LogP contribution in [0.1, 0.15) is 16.6 Å². The summed E-state index contributed by atoms with van der Waals surface area (Å²) in [7, 11) is 1.97. The van der Waals surface area contributed by atoms with Gasteiger partial charge in [-0.1, -0.05) is 18.2 Å². The zero-order valence-electron chi connectivity index (χ0n) is 11.0. The van der Waals surface area contributed by atoms with E-state index in [4.69, 9.17) is 0 Å². The van der Waals surface area contributed by atoms with E-state index in [0.29, 0.717) is 0 Å². The average molecular weight is 348 g/mol. The number of rotatable bonds is 4. The molecule has 3 rings (SSSR count). The summed E-state index contributed by atoms with van der Waals surface area (Å²) in [6.45, 7) is 0. The van der Waals surface area contributed by atoms with E-state index in [1.807, 2.05) is 36.1 Å². The van der Waals surface area contributed by atoms with Crippen LogP contribution < -0.4 is 5.32 Å². The first-order chi connectivity index (χ1) is 9.79. The molecule has 1 atom stereocenters. The van der Waals surface area contributed by atoms with Gasteiger partial charge in [0.2, 0.25) is 0 Å². The lowest BCUT2D eigenvalue weighted by atomic mass is 10.1. The van der Waals surface area contributed by atoms with Crippen molar-refractivity contribution in [2.24, 2.45) is 0 Å². The van der Waals surface area contributed by atoms with Crippen molar-refractivity contribution in [3.63, 3.8) is 0 Å². The molecule has 0 radical (unpaired) electrons. The van der Waals surface area contributed by atoms with Crippen molar-refractivity contribution in [1.29, 1.82) is 0 Å². The zero-order chi connectivity index (χ0) is 13.9. The van der Waals surface area contributed by atoms with Crippen LogP contribution in [0.15, 0.2) is 58.5 Å². The maximum atomic E-state index is 4.46. The number of nitrogens with zero attached hydrogens (tertiary/aromatic N) is 2. The minimum absolute atomic E-state index is 0.133. The van der Waals surface area contributed by atoms with Gasteiger partial charge in [-0.2, -0.15) is 5.10 Å². The second-order valence-electron chi connectivity index (χ2n) is 4.37. The van der Waals surface area contributed by atoms with E-state index in [0.717, 1.165) is 15.2 Å². The van der Waals surface area contributed by atoms with Gasteiger partial charge in [0, 0.05) is 11.1 Å². The zero-order valence-corrected chi connectivity index (χ0v) is 13.4. The molecule has 1 N–H and O–H groups in total. The first kappa shape index (κ1) is 13.5. The number of hydrogen-bond acceptors (Lipinski definition) is 3. The summed E-state index contributed by atoms with van der Waals surface area (Å²) in [4.78, 5) is 1.26. The first-order valence-corrected chi connectivity index (χ1v) is 7.92. The molecular weight excluding hydrogens is 334 g/mol. The molecule has 2 heterocycles. The van der Waals surface area contributed by atoms with Gasteiger partial charge in [-0.05, 0) is 53.3 Å². The Morgan fingerprint density at radius 2 is 1.95 bits per heavy atom. The topological polar surface area (TPSA) is 29.9 Å². The quantitative estimate of drug-likeness (QED) is 0.772. The Kier molecular flexibility index (Phi) is 4.00. The summed E-state index contributed by atoms with van der Waals surface area (Å²) < 4.78 is 3.12. The first-order valence-electron chi connectivity index (χ1n) is 6.31. The summed E-state index contributed by atoms with van der Waals surface area (Å²) in [6, 6.07) is 16.6. The van der Waals surface area contributed by atoms with Crippen molar-refractivity contribution >= 4 is 27.3 Å². The number of benzene rings is 1. The van der Waals surface area contributed by atoms with Crippen molar-refractivity contribution in [3.05, 3.63) is 69.1 Å². The molecule has 0 spiro atoms. The van der Waals surface area contributed by atoms with Crippen LogP contribution in [-0.4, -0.2) is 16.8 Å². The molecule has 0 aliphatic carbocycles. The van der Waals surface area contributed by atoms with Crippen LogP contribution in [0.4, 0.5) is 0 Å². The fourth-order valence-corrected chi connectivity index (χ4v) is 3.78. The molecule has 5 heteroatoms. The predicted octanol–water partition coefficient (Wildman–Crippen LogP) is 4.01. The lowest BCUT2D eigenvalue weighted by molar-refractivity contribution is 0.646. The van der Waals surface area contributed by atoms with Gasteiger partial charge in [0.05, 0.1) is 21.2 Å². The molecule has 3 nitrogen and oxygen atoms in total. The number of nitrogens with one attached hydrogen (secondary N) is 1. The Balaban J connectivity index is 2.04. The highest BCUT2D eigenvalue weighted by Crippen LogP contribution is 2.31. The van der Waals surface area contributed by atoms with Gasteiger partial charge >= 0.3 is 0 Å². The lowest BCUT2D eigenvalue weighted by Crippen LogP contribution is -2.20. The van der Waals surface area contributed by atoms with Gasteiger partial charge in [-0.3, -0.25) is 0 Å². The Bertz CT molecular complexity index is 690. The molecule has 0 saturated heterocycles. The molecule has 0 amide bonds. The Morgan fingerprint density at radius 1 is 1.15 bits per heavy atom. The average Bonchev–Trinajstić information content (AvgIpc) is 3.11. The summed E-state index contributed by atoms with van der Waals surface area (Å²) in [5.74, 6) is 0. The van der Waals surface area contributed by atoms with Crippen molar-refractivity contribution < 1.29 is 0 Å². The summed E-state index contributed by atoms with van der Waals surface area (Å²) in [5.41, 5.74) is 2.21. The minimum Gasteiger partial charge on any atom is -0.307 e. The monoisotopic (exact) mass is 347 g/mol. The molecule has 0 saturated carbocycles. The Morgan fingerprint density at radius 3 is 2.60 bits per heavy atom. The number of thiophene rings is 1. The van der Waals surface area contributed by atoms with Crippen LogP contribution in [-0.2, 0) is 0 Å². The Labute approximate surface area is 130 Å². The van der Waals surface area contributed by atoms with E-state index in [1.54, 1.807) is 11.3 Å². The minimum atomic E-state index is 0.133. The van der Waals surface area contributed by atoms with Gasteiger partial charge in [0.15, 0.2) is 0 Å². The molecule has 1 unspecified atom stereocenters.